The second-order valence-electron chi connectivity index (χ2n) is 9.90. The van der Waals surface area contributed by atoms with Crippen molar-refractivity contribution in [2.24, 2.45) is 0 Å². The normalized spacial score (nSPS) is 17.7. The molecule has 2 aromatic carbocycles. The first-order chi connectivity index (χ1) is 21.3. The highest BCUT2D eigenvalue weighted by molar-refractivity contribution is 8.03. The number of aliphatic carboxylic acids is 1. The number of thioether (sulfide) groups is 1. The predicted molar refractivity (Wildman–Crippen MR) is 172 cm³/mol. The molecule has 0 bridgehead atoms. The Labute approximate surface area is 269 Å². The van der Waals surface area contributed by atoms with Gasteiger partial charge in [-0.05, 0) is 22.6 Å². The number of aromatic nitrogens is 1. The van der Waals surface area contributed by atoms with Gasteiger partial charge in [-0.2, -0.15) is 5.48 Å². The second kappa shape index (κ2) is 12.8. The van der Waals surface area contributed by atoms with E-state index in [1.807, 2.05) is 72.1 Å². The number of thiophene rings is 1. The first-order valence-corrected chi connectivity index (χ1v) is 16.5. The number of amides is 2. The summed E-state index contributed by atoms with van der Waals surface area (Å²) in [6.45, 7) is 0. The zero-order valence-electron chi connectivity index (χ0n) is 22.7. The van der Waals surface area contributed by atoms with E-state index in [-0.39, 0.29) is 29.3 Å². The number of rotatable bonds is 9. The Kier molecular flexibility index (Phi) is 8.71. The standard InChI is InChI=1S/C31H23N3O6S4/c35-21(15-20-12-7-13-42-20)33-40-31(39)25-24(28-32-19(16-43-28)14-22(36)37)27(44-30-26(41)29(38)34(25)30)23(17-8-3-1-4-9-17)18-10-5-2-6-11-18/h1-13,16,23,27,30H,14-15H2,(H,33,35)(H,36,37)/t27?,30-/m0/s1. The molecule has 1 unspecified atom stereocenters. The molecule has 2 aliphatic rings. The molecule has 2 aromatic heterocycles. The van der Waals surface area contributed by atoms with Crippen molar-refractivity contribution in [3.63, 3.8) is 0 Å². The second-order valence-corrected chi connectivity index (χ2v) is 13.5. The quantitative estimate of drug-likeness (QED) is 0.147. The van der Waals surface area contributed by atoms with Gasteiger partial charge in [-0.25, -0.2) is 9.78 Å². The van der Waals surface area contributed by atoms with Crippen LogP contribution in [-0.4, -0.2) is 54.2 Å². The number of thiazole rings is 1. The lowest BCUT2D eigenvalue weighted by molar-refractivity contribution is -0.156. The maximum atomic E-state index is 13.9. The number of carbonyl (C=O) groups is 4. The number of nitrogens with zero attached hydrogens (tertiary/aromatic N) is 2. The fourth-order valence-corrected chi connectivity index (χ4v) is 8.87. The average Bonchev–Trinajstić information content (AvgIpc) is 3.72. The summed E-state index contributed by atoms with van der Waals surface area (Å²) in [6, 6.07) is 23.1. The smallest absolute Gasteiger partial charge is 0.379 e. The van der Waals surface area contributed by atoms with Crippen LogP contribution in [0.1, 0.15) is 32.6 Å². The van der Waals surface area contributed by atoms with E-state index in [9.17, 15) is 24.3 Å². The number of benzene rings is 2. The van der Waals surface area contributed by atoms with E-state index < -0.39 is 34.4 Å². The number of carboxylic acids is 1. The molecule has 0 aliphatic carbocycles. The summed E-state index contributed by atoms with van der Waals surface area (Å²) in [6.07, 6.45) is -0.296. The maximum absolute atomic E-state index is 13.9. The van der Waals surface area contributed by atoms with Crippen molar-refractivity contribution < 1.29 is 29.1 Å². The minimum atomic E-state index is -1.05. The van der Waals surface area contributed by atoms with Gasteiger partial charge in [0.25, 0.3) is 11.8 Å². The van der Waals surface area contributed by atoms with Gasteiger partial charge in [-0.1, -0.05) is 78.9 Å². The van der Waals surface area contributed by atoms with Crippen molar-refractivity contribution in [2.75, 3.05) is 0 Å². The molecule has 4 heterocycles. The van der Waals surface area contributed by atoms with Crippen LogP contribution in [0.15, 0.2) is 89.3 Å². The van der Waals surface area contributed by atoms with Gasteiger partial charge in [0, 0.05) is 27.0 Å². The van der Waals surface area contributed by atoms with Gasteiger partial charge in [0.1, 0.15) is 20.9 Å². The van der Waals surface area contributed by atoms with E-state index in [2.05, 4.69) is 10.5 Å². The summed E-state index contributed by atoms with van der Waals surface area (Å²) >= 11 is 9.46. The van der Waals surface area contributed by atoms with Crippen LogP contribution in [0.3, 0.4) is 0 Å². The number of carbonyl (C=O) groups excluding carboxylic acids is 3. The summed E-state index contributed by atoms with van der Waals surface area (Å²) < 4.78 is 0. The number of hydroxylamine groups is 1. The minimum Gasteiger partial charge on any atom is -0.481 e. The van der Waals surface area contributed by atoms with Gasteiger partial charge in [0.15, 0.2) is 0 Å². The molecule has 2 atom stereocenters. The van der Waals surface area contributed by atoms with Crippen molar-refractivity contribution in [3.8, 4) is 0 Å². The molecule has 44 heavy (non-hydrogen) atoms. The monoisotopic (exact) mass is 661 g/mol. The fraction of sp³-hybridized carbons (Fsp3) is 0.161. The van der Waals surface area contributed by atoms with Gasteiger partial charge in [0.2, 0.25) is 0 Å². The van der Waals surface area contributed by atoms with Crippen LogP contribution in [0.5, 0.6) is 0 Å². The third kappa shape index (κ3) is 5.95. The van der Waals surface area contributed by atoms with Crippen molar-refractivity contribution in [2.45, 2.75) is 29.4 Å². The van der Waals surface area contributed by atoms with Gasteiger partial charge in [-0.15, -0.1) is 34.4 Å². The molecule has 1 saturated heterocycles. The van der Waals surface area contributed by atoms with E-state index in [0.717, 1.165) is 16.0 Å². The highest BCUT2D eigenvalue weighted by Gasteiger charge is 2.55. The van der Waals surface area contributed by atoms with E-state index in [1.165, 1.54) is 39.3 Å². The van der Waals surface area contributed by atoms with E-state index >= 15 is 0 Å². The average molecular weight is 662 g/mol. The Balaban J connectivity index is 1.48. The molecule has 2 N–H and O–H groups in total. The van der Waals surface area contributed by atoms with Crippen LogP contribution < -0.4 is 5.48 Å². The number of thiocarbonyl (C=S) groups is 1. The lowest BCUT2D eigenvalue weighted by Crippen LogP contribution is -2.62. The van der Waals surface area contributed by atoms with E-state index in [0.29, 0.717) is 16.3 Å². The Morgan fingerprint density at radius 2 is 1.66 bits per heavy atom. The number of hydrogen-bond acceptors (Lipinski definition) is 10. The lowest BCUT2D eigenvalue weighted by Gasteiger charge is -2.48. The first kappa shape index (κ1) is 29.9. The van der Waals surface area contributed by atoms with Crippen LogP contribution in [0.4, 0.5) is 0 Å². The molecule has 2 amide bonds. The van der Waals surface area contributed by atoms with Crippen molar-refractivity contribution >= 4 is 80.8 Å². The summed E-state index contributed by atoms with van der Waals surface area (Å²) in [5, 5.41) is 12.1. The van der Waals surface area contributed by atoms with Crippen molar-refractivity contribution in [3.05, 3.63) is 116 Å². The number of hydrogen-bond donors (Lipinski definition) is 2. The highest BCUT2D eigenvalue weighted by Crippen LogP contribution is 2.53. The number of carboxylic acid groups (broad SMARTS) is 1. The van der Waals surface area contributed by atoms with Crippen LogP contribution in [0, 0.1) is 0 Å². The molecule has 13 heteroatoms. The van der Waals surface area contributed by atoms with Crippen LogP contribution >= 0.6 is 46.7 Å². The summed E-state index contributed by atoms with van der Waals surface area (Å²) in [5.41, 5.74) is 4.77. The minimum absolute atomic E-state index is 0.0137. The number of nitrogens with one attached hydrogen (secondary N) is 1. The number of β-lactam (4-membered cyclic amide) rings is 1. The molecule has 1 fully saturated rings. The molecular formula is C31H23N3O6S4. The maximum Gasteiger partial charge on any atom is 0.379 e. The molecule has 222 valence electrons. The molecule has 4 aromatic rings. The summed E-state index contributed by atoms with van der Waals surface area (Å²) in [7, 11) is 0. The SMILES string of the molecule is O=C(O)Cc1csc(C2=C(C(=O)ONC(=O)Cc3cccs3)N3C(=O)C(=S)[C@@H]3SC2C(c2ccccc2)c2ccccc2)n1. The highest BCUT2D eigenvalue weighted by atomic mass is 32.2. The lowest BCUT2D eigenvalue weighted by atomic mass is 9.84. The van der Waals surface area contributed by atoms with Crippen LogP contribution in [-0.2, 0) is 36.9 Å². The zero-order chi connectivity index (χ0) is 30.8. The zero-order valence-corrected chi connectivity index (χ0v) is 26.0. The Bertz CT molecular complexity index is 1730. The van der Waals surface area contributed by atoms with Gasteiger partial charge >= 0.3 is 11.9 Å². The van der Waals surface area contributed by atoms with Gasteiger partial charge in [-0.3, -0.25) is 19.3 Å². The van der Waals surface area contributed by atoms with Crippen molar-refractivity contribution in [1.82, 2.24) is 15.4 Å². The Morgan fingerprint density at radius 1 is 0.977 bits per heavy atom. The molecule has 9 nitrogen and oxygen atoms in total. The molecule has 2 aliphatic heterocycles. The predicted octanol–water partition coefficient (Wildman–Crippen LogP) is 4.85. The molecular weight excluding hydrogens is 639 g/mol. The van der Waals surface area contributed by atoms with Gasteiger partial charge in [0.05, 0.1) is 18.5 Å². The summed E-state index contributed by atoms with van der Waals surface area (Å²) in [5.74, 6) is -3.35. The van der Waals surface area contributed by atoms with Crippen LogP contribution in [0.25, 0.3) is 5.57 Å². The number of fused-ring (bicyclic) bond motifs is 1. The van der Waals surface area contributed by atoms with E-state index in [4.69, 9.17) is 17.1 Å². The third-order valence-electron chi connectivity index (χ3n) is 7.04. The topological polar surface area (TPSA) is 126 Å². The molecule has 0 saturated carbocycles. The molecule has 6 rings (SSSR count). The molecule has 0 spiro atoms. The van der Waals surface area contributed by atoms with E-state index in [1.54, 1.807) is 11.4 Å². The Morgan fingerprint density at radius 3 is 2.27 bits per heavy atom. The molecule has 0 radical (unpaired) electrons. The fourth-order valence-electron chi connectivity index (χ4n) is 5.16. The Hall–Kier alpha value is -4.17. The third-order valence-corrected chi connectivity index (χ3v) is 10.9. The van der Waals surface area contributed by atoms with Gasteiger partial charge < -0.3 is 9.94 Å². The largest absolute Gasteiger partial charge is 0.481 e. The van der Waals surface area contributed by atoms with Crippen LogP contribution in [0.2, 0.25) is 0 Å². The first-order valence-electron chi connectivity index (χ1n) is 13.4. The van der Waals surface area contributed by atoms with Crippen molar-refractivity contribution in [1.29, 1.82) is 0 Å². The summed E-state index contributed by atoms with van der Waals surface area (Å²) in [4.78, 5) is 63.3.